The predicted molar refractivity (Wildman–Crippen MR) is 220 cm³/mol. The standard InChI is InChI=1S/C50H33N/c1-3-21-41-34(13-1)15-11-27-43(41)36-17-9-19-38(31-36)51(39-20-10-18-37(32-39)44-28-12-16-35-14-2-4-22-42(35)44)40-29-30-49-47-25-6-5-23-45(47)46-24-7-8-26-48(46)50(49)33-40/h1-33H. The molecular formula is C50H33N. The number of nitrogens with zero attached hydrogens (tertiary/aromatic N) is 1. The van der Waals surface area contributed by atoms with Crippen LogP contribution in [0.5, 0.6) is 0 Å². The molecule has 0 aliphatic heterocycles. The van der Waals surface area contributed by atoms with Crippen LogP contribution in [-0.4, -0.2) is 0 Å². The minimum atomic E-state index is 1.11. The lowest BCUT2D eigenvalue weighted by molar-refractivity contribution is 1.29. The third kappa shape index (κ3) is 4.94. The maximum absolute atomic E-state index is 2.42. The highest BCUT2D eigenvalue weighted by molar-refractivity contribution is 6.25. The highest BCUT2D eigenvalue weighted by atomic mass is 15.1. The number of hydrogen-bond acceptors (Lipinski definition) is 1. The van der Waals surface area contributed by atoms with E-state index in [1.807, 2.05) is 0 Å². The van der Waals surface area contributed by atoms with Crippen molar-refractivity contribution in [2.75, 3.05) is 4.90 Å². The Kier molecular flexibility index (Phi) is 6.89. The van der Waals surface area contributed by atoms with Crippen LogP contribution < -0.4 is 4.90 Å². The summed E-state index contributed by atoms with van der Waals surface area (Å²) in [6.07, 6.45) is 0. The molecule has 0 saturated heterocycles. The second-order valence-electron chi connectivity index (χ2n) is 13.3. The number of rotatable bonds is 5. The summed E-state index contributed by atoms with van der Waals surface area (Å²) >= 11 is 0. The summed E-state index contributed by atoms with van der Waals surface area (Å²) in [6, 6.07) is 73.1. The average Bonchev–Trinajstić information content (AvgIpc) is 3.21. The minimum Gasteiger partial charge on any atom is -0.310 e. The first-order valence-electron chi connectivity index (χ1n) is 17.6. The van der Waals surface area contributed by atoms with E-state index in [4.69, 9.17) is 0 Å². The topological polar surface area (TPSA) is 3.24 Å². The lowest BCUT2D eigenvalue weighted by Gasteiger charge is -2.27. The Labute approximate surface area is 297 Å². The van der Waals surface area contributed by atoms with Crippen LogP contribution in [-0.2, 0) is 0 Å². The van der Waals surface area contributed by atoms with Crippen LogP contribution in [0.3, 0.4) is 0 Å². The first-order chi connectivity index (χ1) is 25.3. The summed E-state index contributed by atoms with van der Waals surface area (Å²) < 4.78 is 0. The summed E-state index contributed by atoms with van der Waals surface area (Å²) in [5.74, 6) is 0. The van der Waals surface area contributed by atoms with Gasteiger partial charge in [-0.05, 0) is 113 Å². The van der Waals surface area contributed by atoms with Crippen LogP contribution in [0.15, 0.2) is 200 Å². The van der Waals surface area contributed by atoms with Gasteiger partial charge in [0.25, 0.3) is 0 Å². The maximum atomic E-state index is 2.42. The van der Waals surface area contributed by atoms with Gasteiger partial charge in [0.2, 0.25) is 0 Å². The SMILES string of the molecule is c1cc(-c2cccc3ccccc23)cc(N(c2cccc(-c3cccc4ccccc34)c2)c2ccc3c4ccccc4c4ccccc4c3c2)c1. The lowest BCUT2D eigenvalue weighted by Crippen LogP contribution is -2.10. The van der Waals surface area contributed by atoms with E-state index >= 15 is 0 Å². The van der Waals surface area contributed by atoms with Crippen LogP contribution in [0.1, 0.15) is 0 Å². The third-order valence-corrected chi connectivity index (χ3v) is 10.4. The molecule has 0 aromatic heterocycles. The van der Waals surface area contributed by atoms with Gasteiger partial charge in [-0.1, -0.05) is 164 Å². The van der Waals surface area contributed by atoms with Crippen LogP contribution in [0.25, 0.3) is 76.1 Å². The summed E-state index contributed by atoms with van der Waals surface area (Å²) in [4.78, 5) is 2.42. The van der Waals surface area contributed by atoms with E-state index < -0.39 is 0 Å². The number of fused-ring (bicyclic) bond motifs is 8. The smallest absolute Gasteiger partial charge is 0.0468 e. The molecule has 0 bridgehead atoms. The summed E-state index contributed by atoms with van der Waals surface area (Å²) in [7, 11) is 0. The first-order valence-corrected chi connectivity index (χ1v) is 17.6. The molecule has 1 nitrogen and oxygen atoms in total. The van der Waals surface area contributed by atoms with Gasteiger partial charge in [-0.25, -0.2) is 0 Å². The van der Waals surface area contributed by atoms with Crippen molar-refractivity contribution in [2.45, 2.75) is 0 Å². The highest BCUT2D eigenvalue weighted by Crippen LogP contribution is 2.43. The molecule has 0 atom stereocenters. The zero-order chi connectivity index (χ0) is 33.7. The number of hydrogen-bond donors (Lipinski definition) is 0. The van der Waals surface area contributed by atoms with E-state index in [0.717, 1.165) is 17.1 Å². The summed E-state index contributed by atoms with van der Waals surface area (Å²) in [6.45, 7) is 0. The zero-order valence-electron chi connectivity index (χ0n) is 28.0. The Morgan fingerprint density at radius 2 is 0.608 bits per heavy atom. The fraction of sp³-hybridized carbons (Fsp3) is 0. The monoisotopic (exact) mass is 647 g/mol. The maximum Gasteiger partial charge on any atom is 0.0468 e. The molecule has 0 amide bonds. The van der Waals surface area contributed by atoms with E-state index in [1.54, 1.807) is 0 Å². The Morgan fingerprint density at radius 1 is 0.235 bits per heavy atom. The highest BCUT2D eigenvalue weighted by Gasteiger charge is 2.18. The fourth-order valence-electron chi connectivity index (χ4n) is 8.06. The van der Waals surface area contributed by atoms with E-state index in [9.17, 15) is 0 Å². The van der Waals surface area contributed by atoms with Gasteiger partial charge in [-0.3, -0.25) is 0 Å². The zero-order valence-corrected chi connectivity index (χ0v) is 28.0. The molecule has 0 aliphatic rings. The van der Waals surface area contributed by atoms with Crippen molar-refractivity contribution in [1.29, 1.82) is 0 Å². The predicted octanol–water partition coefficient (Wildman–Crippen LogP) is 14.3. The molecule has 0 radical (unpaired) electrons. The molecule has 10 aromatic rings. The average molecular weight is 648 g/mol. The molecule has 0 fully saturated rings. The second kappa shape index (κ2) is 12.0. The van der Waals surface area contributed by atoms with Gasteiger partial charge in [-0.15, -0.1) is 0 Å². The lowest BCUT2D eigenvalue weighted by atomic mass is 9.93. The molecule has 10 rings (SSSR count). The molecular weight excluding hydrogens is 615 g/mol. The molecule has 10 aromatic carbocycles. The van der Waals surface area contributed by atoms with Gasteiger partial charge in [0, 0.05) is 17.1 Å². The molecule has 0 saturated carbocycles. The Balaban J connectivity index is 1.22. The molecule has 0 N–H and O–H groups in total. The van der Waals surface area contributed by atoms with Gasteiger partial charge < -0.3 is 4.90 Å². The summed E-state index contributed by atoms with van der Waals surface area (Å²) in [5.41, 5.74) is 8.19. The number of anilines is 3. The van der Waals surface area contributed by atoms with Gasteiger partial charge in [0.05, 0.1) is 0 Å². The number of benzene rings is 10. The minimum absolute atomic E-state index is 1.11. The largest absolute Gasteiger partial charge is 0.310 e. The molecule has 0 heterocycles. The van der Waals surface area contributed by atoms with Gasteiger partial charge in [0.15, 0.2) is 0 Å². The second-order valence-corrected chi connectivity index (χ2v) is 13.3. The third-order valence-electron chi connectivity index (χ3n) is 10.4. The van der Waals surface area contributed by atoms with E-state index in [0.29, 0.717) is 0 Å². The molecule has 0 spiro atoms. The molecule has 1 heteroatoms. The van der Waals surface area contributed by atoms with Crippen LogP contribution in [0.2, 0.25) is 0 Å². The molecule has 0 unspecified atom stereocenters. The van der Waals surface area contributed by atoms with Gasteiger partial charge in [-0.2, -0.15) is 0 Å². The van der Waals surface area contributed by atoms with Crippen molar-refractivity contribution in [3.8, 4) is 22.3 Å². The molecule has 238 valence electrons. The molecule has 51 heavy (non-hydrogen) atoms. The van der Waals surface area contributed by atoms with Gasteiger partial charge >= 0.3 is 0 Å². The van der Waals surface area contributed by atoms with Crippen molar-refractivity contribution < 1.29 is 0 Å². The fourth-order valence-corrected chi connectivity index (χ4v) is 8.06. The summed E-state index contributed by atoms with van der Waals surface area (Å²) in [5, 5.41) is 12.6. The van der Waals surface area contributed by atoms with Gasteiger partial charge in [0.1, 0.15) is 0 Å². The quantitative estimate of drug-likeness (QED) is 0.168. The molecule has 0 aliphatic carbocycles. The van der Waals surface area contributed by atoms with Crippen LogP contribution in [0, 0.1) is 0 Å². The first kappa shape index (κ1) is 29.2. The van der Waals surface area contributed by atoms with Crippen molar-refractivity contribution in [3.05, 3.63) is 200 Å². The van der Waals surface area contributed by atoms with E-state index in [1.165, 1.54) is 76.1 Å². The normalized spacial score (nSPS) is 11.5. The van der Waals surface area contributed by atoms with Crippen molar-refractivity contribution in [2.24, 2.45) is 0 Å². The van der Waals surface area contributed by atoms with Crippen molar-refractivity contribution >= 4 is 70.9 Å². The van der Waals surface area contributed by atoms with Crippen LogP contribution in [0.4, 0.5) is 17.1 Å². The van der Waals surface area contributed by atoms with E-state index in [-0.39, 0.29) is 0 Å². The van der Waals surface area contributed by atoms with E-state index in [2.05, 4.69) is 205 Å². The Morgan fingerprint density at radius 3 is 1.12 bits per heavy atom. The Bertz CT molecular complexity index is 2770. The van der Waals surface area contributed by atoms with Crippen molar-refractivity contribution in [1.82, 2.24) is 0 Å². The van der Waals surface area contributed by atoms with Crippen LogP contribution >= 0.6 is 0 Å². The van der Waals surface area contributed by atoms with Crippen molar-refractivity contribution in [3.63, 3.8) is 0 Å². The Hall–Kier alpha value is -6.70.